The van der Waals surface area contributed by atoms with Crippen molar-refractivity contribution in [3.63, 3.8) is 0 Å². The van der Waals surface area contributed by atoms with Crippen molar-refractivity contribution in [1.29, 1.82) is 0 Å². The van der Waals surface area contributed by atoms with Crippen LogP contribution < -0.4 is 15.4 Å². The number of carbonyl (C=O) groups is 1. The normalized spacial score (nSPS) is 16.2. The maximum Gasteiger partial charge on any atom is 0.262 e. The summed E-state index contributed by atoms with van der Waals surface area (Å²) in [5.74, 6) is -0.442. The number of halogens is 2. The second kappa shape index (κ2) is 9.86. The van der Waals surface area contributed by atoms with Crippen LogP contribution in [0.4, 0.5) is 10.1 Å². The molecule has 152 valence electrons. The molecule has 0 aliphatic carbocycles. The zero-order valence-electron chi connectivity index (χ0n) is 15.2. The molecule has 2 aromatic carbocycles. The predicted molar refractivity (Wildman–Crippen MR) is 109 cm³/mol. The average molecular weight is 428 g/mol. The standard InChI is InChI=1S/C19H22FN3O3S.ClH/c20-17-6-1-2-7-18(17)23-27(25,26)16-5-3-4-15(12-16)19(24)22-11-9-14-8-10-21-13-14;/h1-7,12,14,21,23H,8-11,13H2,(H,22,24);1H. The fourth-order valence-electron chi connectivity index (χ4n) is 3.00. The zero-order chi connectivity index (χ0) is 19.3. The number of anilines is 1. The van der Waals surface area contributed by atoms with Gasteiger partial charge in [0.15, 0.2) is 0 Å². The molecule has 1 fully saturated rings. The van der Waals surface area contributed by atoms with Crippen molar-refractivity contribution < 1.29 is 17.6 Å². The lowest BCUT2D eigenvalue weighted by Crippen LogP contribution is -2.26. The number of carbonyl (C=O) groups excluding carboxylic acids is 1. The first kappa shape index (κ1) is 22.1. The minimum atomic E-state index is -4.00. The van der Waals surface area contributed by atoms with Crippen LogP contribution in [0.1, 0.15) is 23.2 Å². The Labute approximate surface area is 170 Å². The van der Waals surface area contributed by atoms with Crippen LogP contribution in [0.3, 0.4) is 0 Å². The van der Waals surface area contributed by atoms with Crippen molar-refractivity contribution in [1.82, 2.24) is 10.6 Å². The Balaban J connectivity index is 0.00000280. The van der Waals surface area contributed by atoms with E-state index in [2.05, 4.69) is 15.4 Å². The average Bonchev–Trinajstić information content (AvgIpc) is 3.17. The highest BCUT2D eigenvalue weighted by Crippen LogP contribution is 2.19. The van der Waals surface area contributed by atoms with E-state index in [1.165, 1.54) is 42.5 Å². The third-order valence-electron chi connectivity index (χ3n) is 4.53. The minimum Gasteiger partial charge on any atom is -0.352 e. The number of nitrogens with one attached hydrogen (secondary N) is 3. The zero-order valence-corrected chi connectivity index (χ0v) is 16.8. The maximum absolute atomic E-state index is 13.7. The van der Waals surface area contributed by atoms with Gasteiger partial charge in [-0.1, -0.05) is 18.2 Å². The van der Waals surface area contributed by atoms with Gasteiger partial charge in [-0.3, -0.25) is 9.52 Å². The molecule has 28 heavy (non-hydrogen) atoms. The molecule has 3 N–H and O–H groups in total. The Morgan fingerprint density at radius 2 is 1.96 bits per heavy atom. The summed E-state index contributed by atoms with van der Waals surface area (Å²) in [5.41, 5.74) is 0.105. The van der Waals surface area contributed by atoms with Gasteiger partial charge in [-0.2, -0.15) is 0 Å². The smallest absolute Gasteiger partial charge is 0.262 e. The Morgan fingerprint density at radius 1 is 1.18 bits per heavy atom. The van der Waals surface area contributed by atoms with Crippen molar-refractivity contribution in [3.8, 4) is 0 Å². The molecule has 9 heteroatoms. The van der Waals surface area contributed by atoms with Crippen molar-refractivity contribution in [2.24, 2.45) is 5.92 Å². The van der Waals surface area contributed by atoms with Gasteiger partial charge in [0, 0.05) is 12.1 Å². The van der Waals surface area contributed by atoms with E-state index < -0.39 is 15.8 Å². The van der Waals surface area contributed by atoms with Crippen LogP contribution in [0, 0.1) is 11.7 Å². The fraction of sp³-hybridized carbons (Fsp3) is 0.316. The van der Waals surface area contributed by atoms with E-state index in [9.17, 15) is 17.6 Å². The number of benzene rings is 2. The Hall–Kier alpha value is -2.16. The molecular formula is C19H23ClFN3O3S. The minimum absolute atomic E-state index is 0. The van der Waals surface area contributed by atoms with Gasteiger partial charge in [0.1, 0.15) is 5.82 Å². The second-order valence-electron chi connectivity index (χ2n) is 6.52. The highest BCUT2D eigenvalue weighted by molar-refractivity contribution is 7.92. The third-order valence-corrected chi connectivity index (χ3v) is 5.89. The van der Waals surface area contributed by atoms with Crippen LogP contribution in [0.2, 0.25) is 0 Å². The van der Waals surface area contributed by atoms with E-state index in [1.54, 1.807) is 6.07 Å². The largest absolute Gasteiger partial charge is 0.352 e. The van der Waals surface area contributed by atoms with Gasteiger partial charge in [-0.05, 0) is 62.2 Å². The quantitative estimate of drug-likeness (QED) is 0.634. The van der Waals surface area contributed by atoms with Gasteiger partial charge in [-0.15, -0.1) is 12.4 Å². The molecule has 1 aliphatic heterocycles. The molecule has 1 aliphatic rings. The predicted octanol–water partition coefficient (Wildman–Crippen LogP) is 2.78. The summed E-state index contributed by atoms with van der Waals surface area (Å²) in [4.78, 5) is 12.2. The van der Waals surface area contributed by atoms with Crippen LogP contribution >= 0.6 is 12.4 Å². The molecule has 2 aromatic rings. The molecule has 1 amide bonds. The lowest BCUT2D eigenvalue weighted by Gasteiger charge is -2.11. The Bertz CT molecular complexity index is 918. The van der Waals surface area contributed by atoms with E-state index in [4.69, 9.17) is 0 Å². The highest BCUT2D eigenvalue weighted by atomic mass is 35.5. The fourth-order valence-corrected chi connectivity index (χ4v) is 4.12. The topological polar surface area (TPSA) is 87.3 Å². The van der Waals surface area contributed by atoms with Crippen molar-refractivity contribution in [2.45, 2.75) is 17.7 Å². The number of amides is 1. The Morgan fingerprint density at radius 3 is 2.68 bits per heavy atom. The first-order chi connectivity index (χ1) is 13.0. The first-order valence-corrected chi connectivity index (χ1v) is 10.3. The van der Waals surface area contributed by atoms with Gasteiger partial charge in [-0.25, -0.2) is 12.8 Å². The van der Waals surface area contributed by atoms with Crippen molar-refractivity contribution >= 4 is 34.0 Å². The molecule has 1 atom stereocenters. The first-order valence-electron chi connectivity index (χ1n) is 8.82. The summed E-state index contributed by atoms with van der Waals surface area (Å²) >= 11 is 0. The van der Waals surface area contributed by atoms with Crippen LogP contribution in [0.25, 0.3) is 0 Å². The molecule has 0 radical (unpaired) electrons. The van der Waals surface area contributed by atoms with Gasteiger partial charge >= 0.3 is 0 Å². The molecule has 0 spiro atoms. The molecule has 6 nitrogen and oxygen atoms in total. The van der Waals surface area contributed by atoms with Gasteiger partial charge in [0.05, 0.1) is 10.6 Å². The Kier molecular flexibility index (Phi) is 7.79. The molecule has 1 unspecified atom stereocenters. The lowest BCUT2D eigenvalue weighted by atomic mass is 10.1. The molecular weight excluding hydrogens is 405 g/mol. The summed E-state index contributed by atoms with van der Waals surface area (Å²) in [6.45, 7) is 2.51. The van der Waals surface area contributed by atoms with E-state index in [0.29, 0.717) is 12.5 Å². The summed E-state index contributed by atoms with van der Waals surface area (Å²) in [6, 6.07) is 11.2. The van der Waals surface area contributed by atoms with Crippen LogP contribution in [0.15, 0.2) is 53.4 Å². The third kappa shape index (κ3) is 5.67. The molecule has 1 heterocycles. The maximum atomic E-state index is 13.7. The van der Waals surface area contributed by atoms with Gasteiger partial charge in [0.25, 0.3) is 15.9 Å². The number of sulfonamides is 1. The van der Waals surface area contributed by atoms with E-state index in [0.717, 1.165) is 25.9 Å². The highest BCUT2D eigenvalue weighted by Gasteiger charge is 2.18. The number of rotatable bonds is 7. The van der Waals surface area contributed by atoms with Crippen LogP contribution in [0.5, 0.6) is 0 Å². The summed E-state index contributed by atoms with van der Waals surface area (Å²) in [5, 5.41) is 6.10. The van der Waals surface area contributed by atoms with Crippen molar-refractivity contribution in [2.75, 3.05) is 24.4 Å². The monoisotopic (exact) mass is 427 g/mol. The van der Waals surface area contributed by atoms with Gasteiger partial charge < -0.3 is 10.6 Å². The summed E-state index contributed by atoms with van der Waals surface area (Å²) < 4.78 is 40.9. The van der Waals surface area contributed by atoms with Crippen LogP contribution in [-0.4, -0.2) is 34.0 Å². The van der Waals surface area contributed by atoms with Gasteiger partial charge in [0.2, 0.25) is 0 Å². The molecule has 0 aromatic heterocycles. The molecule has 0 saturated carbocycles. The van der Waals surface area contributed by atoms with E-state index in [-0.39, 0.29) is 34.5 Å². The summed E-state index contributed by atoms with van der Waals surface area (Å²) in [7, 11) is -4.00. The van der Waals surface area contributed by atoms with E-state index in [1.807, 2.05) is 0 Å². The SMILES string of the molecule is Cl.O=C(NCCC1CCNC1)c1cccc(S(=O)(=O)Nc2ccccc2F)c1. The van der Waals surface area contributed by atoms with E-state index >= 15 is 0 Å². The molecule has 1 saturated heterocycles. The number of hydrogen-bond donors (Lipinski definition) is 3. The number of para-hydroxylation sites is 1. The summed E-state index contributed by atoms with van der Waals surface area (Å²) in [6.07, 6.45) is 1.98. The molecule has 3 rings (SSSR count). The number of hydrogen-bond acceptors (Lipinski definition) is 4. The second-order valence-corrected chi connectivity index (χ2v) is 8.20. The van der Waals surface area contributed by atoms with Crippen LogP contribution in [-0.2, 0) is 10.0 Å². The van der Waals surface area contributed by atoms with Crippen molar-refractivity contribution in [3.05, 3.63) is 59.9 Å². The lowest BCUT2D eigenvalue weighted by molar-refractivity contribution is 0.0951. The molecule has 0 bridgehead atoms.